The van der Waals surface area contributed by atoms with E-state index in [1.165, 1.54) is 6.33 Å². The molecule has 6 heteroatoms. The second-order valence-electron chi connectivity index (χ2n) is 6.71. The van der Waals surface area contributed by atoms with Crippen LogP contribution in [0, 0.1) is 0 Å². The van der Waals surface area contributed by atoms with E-state index in [4.69, 9.17) is 10.5 Å². The van der Waals surface area contributed by atoms with Gasteiger partial charge in [-0.3, -0.25) is 0 Å². The van der Waals surface area contributed by atoms with Gasteiger partial charge >= 0.3 is 0 Å². The van der Waals surface area contributed by atoms with Crippen molar-refractivity contribution in [3.05, 3.63) is 30.6 Å². The lowest BCUT2D eigenvalue weighted by molar-refractivity contribution is 0.309. The summed E-state index contributed by atoms with van der Waals surface area (Å²) in [6.45, 7) is 9.05. The van der Waals surface area contributed by atoms with Crippen LogP contribution in [-0.4, -0.2) is 22.1 Å². The molecule has 24 heavy (non-hydrogen) atoms. The van der Waals surface area contributed by atoms with E-state index in [2.05, 4.69) is 48.3 Å². The Morgan fingerprint density at radius 2 is 1.75 bits per heavy atom. The number of anilines is 4. The van der Waals surface area contributed by atoms with Crippen molar-refractivity contribution in [3.8, 4) is 5.75 Å². The van der Waals surface area contributed by atoms with E-state index in [0.717, 1.165) is 30.9 Å². The molecular weight excluding hydrogens is 302 g/mol. The van der Waals surface area contributed by atoms with Crippen molar-refractivity contribution in [1.29, 1.82) is 0 Å². The summed E-state index contributed by atoms with van der Waals surface area (Å²) in [7, 11) is 0. The summed E-state index contributed by atoms with van der Waals surface area (Å²) in [6, 6.07) is 7.76. The fourth-order valence-corrected chi connectivity index (χ4v) is 2.06. The number of nitrogens with two attached hydrogens (primary N) is 1. The van der Waals surface area contributed by atoms with Crippen LogP contribution in [0.1, 0.15) is 40.5 Å². The van der Waals surface area contributed by atoms with Crippen molar-refractivity contribution in [1.82, 2.24) is 9.97 Å². The number of unbranched alkanes of at least 4 members (excludes halogenated alkanes) is 1. The van der Waals surface area contributed by atoms with E-state index in [1.807, 2.05) is 24.3 Å². The highest BCUT2D eigenvalue weighted by atomic mass is 16.5. The van der Waals surface area contributed by atoms with Gasteiger partial charge in [0.15, 0.2) is 11.6 Å². The van der Waals surface area contributed by atoms with Gasteiger partial charge in [-0.05, 0) is 51.5 Å². The van der Waals surface area contributed by atoms with Crippen LogP contribution in [0.4, 0.5) is 23.0 Å². The van der Waals surface area contributed by atoms with E-state index >= 15 is 0 Å². The molecular formula is C18H27N5O. The maximum absolute atomic E-state index is 6.17. The van der Waals surface area contributed by atoms with E-state index in [9.17, 15) is 0 Å². The molecule has 0 saturated carbocycles. The first-order chi connectivity index (χ1) is 11.4. The number of rotatable bonds is 7. The van der Waals surface area contributed by atoms with Gasteiger partial charge in [-0.15, -0.1) is 0 Å². The molecule has 2 aromatic rings. The Morgan fingerprint density at radius 3 is 2.38 bits per heavy atom. The molecule has 0 aliphatic heterocycles. The fourth-order valence-electron chi connectivity index (χ4n) is 2.06. The zero-order chi connectivity index (χ0) is 17.6. The van der Waals surface area contributed by atoms with Crippen molar-refractivity contribution < 1.29 is 4.74 Å². The highest BCUT2D eigenvalue weighted by molar-refractivity contribution is 5.77. The number of nitrogens with zero attached hydrogens (tertiary/aromatic N) is 2. The van der Waals surface area contributed by atoms with Gasteiger partial charge in [0.25, 0.3) is 0 Å². The summed E-state index contributed by atoms with van der Waals surface area (Å²) in [5, 5.41) is 6.50. The van der Waals surface area contributed by atoms with Gasteiger partial charge in [0.2, 0.25) is 0 Å². The summed E-state index contributed by atoms with van der Waals surface area (Å²) in [6.07, 6.45) is 3.67. The summed E-state index contributed by atoms with van der Waals surface area (Å²) in [5.74, 6) is 2.07. The SMILES string of the molecule is CCCCOc1ccc(Nc2ncnc(NC(C)(C)C)c2N)cc1. The molecule has 0 aliphatic carbocycles. The summed E-state index contributed by atoms with van der Waals surface area (Å²) in [5.41, 5.74) is 7.44. The van der Waals surface area contributed by atoms with Gasteiger partial charge in [-0.25, -0.2) is 9.97 Å². The molecule has 0 atom stereocenters. The number of benzene rings is 1. The van der Waals surface area contributed by atoms with Gasteiger partial charge in [0, 0.05) is 11.2 Å². The number of ether oxygens (including phenoxy) is 1. The Bertz CT molecular complexity index is 649. The average Bonchev–Trinajstić information content (AvgIpc) is 2.52. The first-order valence-electron chi connectivity index (χ1n) is 8.27. The van der Waals surface area contributed by atoms with Crippen LogP contribution in [0.5, 0.6) is 5.75 Å². The van der Waals surface area contributed by atoms with Crippen LogP contribution < -0.4 is 21.1 Å². The number of aromatic nitrogens is 2. The van der Waals surface area contributed by atoms with Crippen molar-refractivity contribution in [2.45, 2.75) is 46.1 Å². The third-order valence-corrected chi connectivity index (χ3v) is 3.26. The van der Waals surface area contributed by atoms with Crippen LogP contribution >= 0.6 is 0 Å². The largest absolute Gasteiger partial charge is 0.494 e. The Labute approximate surface area is 143 Å². The van der Waals surface area contributed by atoms with Crippen molar-refractivity contribution in [2.75, 3.05) is 23.0 Å². The molecule has 0 unspecified atom stereocenters. The fraction of sp³-hybridized carbons (Fsp3) is 0.444. The zero-order valence-corrected chi connectivity index (χ0v) is 14.9. The lowest BCUT2D eigenvalue weighted by atomic mass is 10.1. The third-order valence-electron chi connectivity index (χ3n) is 3.26. The quantitative estimate of drug-likeness (QED) is 0.660. The molecule has 0 radical (unpaired) electrons. The molecule has 130 valence electrons. The molecule has 0 amide bonds. The van der Waals surface area contributed by atoms with E-state index < -0.39 is 0 Å². The maximum atomic E-state index is 6.17. The Hall–Kier alpha value is -2.50. The molecule has 1 heterocycles. The second-order valence-corrected chi connectivity index (χ2v) is 6.71. The van der Waals surface area contributed by atoms with E-state index in [1.54, 1.807) is 0 Å². The molecule has 0 spiro atoms. The molecule has 2 rings (SSSR count). The average molecular weight is 329 g/mol. The third kappa shape index (κ3) is 5.30. The lowest BCUT2D eigenvalue weighted by Crippen LogP contribution is -2.27. The molecule has 0 saturated heterocycles. The Balaban J connectivity index is 2.07. The summed E-state index contributed by atoms with van der Waals surface area (Å²) >= 11 is 0. The Morgan fingerprint density at radius 1 is 1.08 bits per heavy atom. The van der Waals surface area contributed by atoms with Gasteiger partial charge in [0.05, 0.1) is 6.61 Å². The second kappa shape index (κ2) is 7.86. The zero-order valence-electron chi connectivity index (χ0n) is 14.9. The topological polar surface area (TPSA) is 85.1 Å². The molecule has 1 aromatic carbocycles. The van der Waals surface area contributed by atoms with Crippen LogP contribution in [-0.2, 0) is 0 Å². The summed E-state index contributed by atoms with van der Waals surface area (Å²) < 4.78 is 5.66. The van der Waals surface area contributed by atoms with Crippen molar-refractivity contribution >= 4 is 23.0 Å². The van der Waals surface area contributed by atoms with Crippen LogP contribution in [0.25, 0.3) is 0 Å². The first-order valence-corrected chi connectivity index (χ1v) is 8.27. The monoisotopic (exact) mass is 329 g/mol. The van der Waals surface area contributed by atoms with Gasteiger partial charge in [0.1, 0.15) is 17.8 Å². The van der Waals surface area contributed by atoms with Crippen LogP contribution in [0.15, 0.2) is 30.6 Å². The molecule has 0 aliphatic rings. The highest BCUT2D eigenvalue weighted by Gasteiger charge is 2.15. The predicted molar refractivity (Wildman–Crippen MR) is 99.9 cm³/mol. The normalized spacial score (nSPS) is 11.2. The van der Waals surface area contributed by atoms with E-state index in [-0.39, 0.29) is 5.54 Å². The Kier molecular flexibility index (Phi) is 5.84. The first kappa shape index (κ1) is 17.8. The van der Waals surface area contributed by atoms with Gasteiger partial charge < -0.3 is 21.1 Å². The standard InChI is InChI=1S/C18H27N5O/c1-5-6-11-24-14-9-7-13(8-10-14)22-16-15(19)17(21-12-20-16)23-18(2,3)4/h7-10,12H,5-6,11,19H2,1-4H3,(H2,20,21,22,23). The number of hydrogen-bond acceptors (Lipinski definition) is 6. The number of nitrogens with one attached hydrogen (secondary N) is 2. The van der Waals surface area contributed by atoms with Gasteiger partial charge in [-0.2, -0.15) is 0 Å². The van der Waals surface area contributed by atoms with E-state index in [0.29, 0.717) is 17.3 Å². The summed E-state index contributed by atoms with van der Waals surface area (Å²) in [4.78, 5) is 8.44. The number of nitrogen functional groups attached to an aromatic ring is 1. The van der Waals surface area contributed by atoms with Crippen molar-refractivity contribution in [2.24, 2.45) is 0 Å². The lowest BCUT2D eigenvalue weighted by Gasteiger charge is -2.22. The molecule has 0 fully saturated rings. The number of hydrogen-bond donors (Lipinski definition) is 3. The molecule has 6 nitrogen and oxygen atoms in total. The van der Waals surface area contributed by atoms with Crippen molar-refractivity contribution in [3.63, 3.8) is 0 Å². The molecule has 4 N–H and O–H groups in total. The minimum Gasteiger partial charge on any atom is -0.494 e. The highest BCUT2D eigenvalue weighted by Crippen LogP contribution is 2.28. The smallest absolute Gasteiger partial charge is 0.159 e. The molecule has 0 bridgehead atoms. The van der Waals surface area contributed by atoms with Crippen LogP contribution in [0.3, 0.4) is 0 Å². The molecule has 1 aromatic heterocycles. The van der Waals surface area contributed by atoms with Gasteiger partial charge in [-0.1, -0.05) is 13.3 Å². The van der Waals surface area contributed by atoms with Crippen LogP contribution in [0.2, 0.25) is 0 Å². The maximum Gasteiger partial charge on any atom is 0.159 e. The minimum absolute atomic E-state index is 0.128. The minimum atomic E-state index is -0.128. The predicted octanol–water partition coefficient (Wildman–Crippen LogP) is 4.19.